The molecular weight excluding hydrogens is 383 g/mol. The predicted molar refractivity (Wildman–Crippen MR) is 117 cm³/mol. The van der Waals surface area contributed by atoms with Gasteiger partial charge in [-0.3, -0.25) is 9.58 Å². The molecule has 0 spiro atoms. The summed E-state index contributed by atoms with van der Waals surface area (Å²) in [5, 5.41) is 4.48. The van der Waals surface area contributed by atoms with Gasteiger partial charge in [-0.2, -0.15) is 5.10 Å². The fourth-order valence-corrected chi connectivity index (χ4v) is 3.54. The van der Waals surface area contributed by atoms with Gasteiger partial charge in [0.05, 0.1) is 11.2 Å². The third kappa shape index (κ3) is 5.56. The molecule has 0 bridgehead atoms. The first kappa shape index (κ1) is 23.1. The molecular formula is C21H37BN4O4. The van der Waals surface area contributed by atoms with E-state index in [2.05, 4.69) is 37.7 Å². The summed E-state index contributed by atoms with van der Waals surface area (Å²) < 4.78 is 19.6. The van der Waals surface area contributed by atoms with Gasteiger partial charge in [0.15, 0.2) is 0 Å². The Morgan fingerprint density at radius 1 is 1.10 bits per heavy atom. The van der Waals surface area contributed by atoms with Gasteiger partial charge in [0.2, 0.25) is 0 Å². The van der Waals surface area contributed by atoms with Gasteiger partial charge < -0.3 is 18.9 Å². The van der Waals surface area contributed by atoms with Crippen LogP contribution in [-0.2, 0) is 20.6 Å². The number of aryl methyl sites for hydroxylation is 1. The van der Waals surface area contributed by atoms with Crippen molar-refractivity contribution in [3.05, 3.63) is 12.4 Å². The topological polar surface area (TPSA) is 69.1 Å². The van der Waals surface area contributed by atoms with Crippen molar-refractivity contribution in [1.29, 1.82) is 0 Å². The summed E-state index contributed by atoms with van der Waals surface area (Å²) in [4.78, 5) is 16.4. The van der Waals surface area contributed by atoms with Crippen LogP contribution in [0.5, 0.6) is 0 Å². The number of ether oxygens (including phenoxy) is 1. The van der Waals surface area contributed by atoms with Crippen LogP contribution in [-0.4, -0.2) is 82.3 Å². The van der Waals surface area contributed by atoms with E-state index in [0.717, 1.165) is 38.1 Å². The summed E-state index contributed by atoms with van der Waals surface area (Å²) in [5.74, 6) is 0. The highest BCUT2D eigenvalue weighted by molar-refractivity contribution is 6.61. The van der Waals surface area contributed by atoms with E-state index >= 15 is 0 Å². The lowest BCUT2D eigenvalue weighted by atomic mass is 9.82. The predicted octanol–water partition coefficient (Wildman–Crippen LogP) is 2.13. The zero-order chi connectivity index (χ0) is 22.2. The van der Waals surface area contributed by atoms with Gasteiger partial charge in [0.1, 0.15) is 5.60 Å². The minimum atomic E-state index is -0.448. The lowest BCUT2D eigenvalue weighted by molar-refractivity contribution is 0.00578. The lowest BCUT2D eigenvalue weighted by Crippen LogP contribution is -2.50. The summed E-state index contributed by atoms with van der Waals surface area (Å²) in [7, 11) is -0.371. The van der Waals surface area contributed by atoms with Gasteiger partial charge >= 0.3 is 13.2 Å². The fraction of sp³-hybridized carbons (Fsp3) is 0.810. The second-order valence-electron chi connectivity index (χ2n) is 10.3. The maximum Gasteiger partial charge on any atom is 0.498 e. The van der Waals surface area contributed by atoms with E-state index < -0.39 is 5.60 Å². The van der Waals surface area contributed by atoms with E-state index in [1.165, 1.54) is 0 Å². The normalized spacial score (nSPS) is 21.8. The maximum atomic E-state index is 12.2. The molecule has 2 aliphatic rings. The molecule has 0 unspecified atom stereocenters. The van der Waals surface area contributed by atoms with Crippen LogP contribution < -0.4 is 5.46 Å². The van der Waals surface area contributed by atoms with Gasteiger partial charge in [-0.05, 0) is 54.9 Å². The van der Waals surface area contributed by atoms with Crippen LogP contribution >= 0.6 is 0 Å². The van der Waals surface area contributed by atoms with E-state index in [0.29, 0.717) is 13.1 Å². The number of carbonyl (C=O) groups excluding carboxylic acids is 1. The van der Waals surface area contributed by atoms with Crippen molar-refractivity contribution in [2.75, 3.05) is 32.7 Å². The Morgan fingerprint density at radius 2 is 1.70 bits per heavy atom. The number of hydrogen-bond acceptors (Lipinski definition) is 6. The highest BCUT2D eigenvalue weighted by Gasteiger charge is 2.52. The number of rotatable bonds is 5. The minimum absolute atomic E-state index is 0.214. The first-order valence-electron chi connectivity index (χ1n) is 10.9. The molecule has 3 rings (SSSR count). The van der Waals surface area contributed by atoms with Gasteiger partial charge in [-0.25, -0.2) is 4.79 Å². The monoisotopic (exact) mass is 420 g/mol. The van der Waals surface area contributed by atoms with Crippen LogP contribution in [0.1, 0.15) is 54.9 Å². The summed E-state index contributed by atoms with van der Waals surface area (Å²) in [5.41, 5.74) is -0.182. The number of amides is 1. The summed E-state index contributed by atoms with van der Waals surface area (Å²) in [6.07, 6.45) is 4.63. The number of aromatic nitrogens is 2. The molecule has 2 fully saturated rings. The maximum absolute atomic E-state index is 12.2. The number of carbonyl (C=O) groups is 1. The van der Waals surface area contributed by atoms with Crippen LogP contribution in [0.4, 0.5) is 4.79 Å². The van der Waals surface area contributed by atoms with E-state index in [-0.39, 0.29) is 24.4 Å². The van der Waals surface area contributed by atoms with Gasteiger partial charge in [0, 0.05) is 57.1 Å². The molecule has 30 heavy (non-hydrogen) atoms. The highest BCUT2D eigenvalue weighted by atomic mass is 16.7. The summed E-state index contributed by atoms with van der Waals surface area (Å²) in [6.45, 7) is 18.9. The van der Waals surface area contributed by atoms with Crippen LogP contribution in [0.15, 0.2) is 12.4 Å². The average molecular weight is 420 g/mol. The molecule has 2 saturated heterocycles. The molecule has 0 aliphatic carbocycles. The smallest absolute Gasteiger partial charge is 0.444 e. The molecule has 168 valence electrons. The molecule has 1 aromatic rings. The first-order chi connectivity index (χ1) is 13.9. The number of piperazine rings is 1. The Balaban J connectivity index is 1.40. The number of hydrogen-bond donors (Lipinski definition) is 0. The third-order valence-corrected chi connectivity index (χ3v) is 6.06. The van der Waals surface area contributed by atoms with Crippen LogP contribution in [0, 0.1) is 0 Å². The van der Waals surface area contributed by atoms with Gasteiger partial charge in [-0.15, -0.1) is 0 Å². The standard InChI is InChI=1S/C21H37BN4O4/c1-19(2,3)28-18(27)25-13-11-24(12-14-25)9-8-10-26-16-17(15-23-26)22-29-20(4,5)21(6,7)30-22/h15-16H,8-14H2,1-7H3. The number of nitrogens with zero attached hydrogens (tertiary/aromatic N) is 4. The molecule has 0 aromatic carbocycles. The minimum Gasteiger partial charge on any atom is -0.444 e. The van der Waals surface area contributed by atoms with Crippen molar-refractivity contribution in [1.82, 2.24) is 19.6 Å². The lowest BCUT2D eigenvalue weighted by Gasteiger charge is -2.35. The van der Waals surface area contributed by atoms with Crippen molar-refractivity contribution in [2.45, 2.75) is 78.2 Å². The van der Waals surface area contributed by atoms with Crippen molar-refractivity contribution in [3.63, 3.8) is 0 Å². The quantitative estimate of drug-likeness (QED) is 0.680. The Morgan fingerprint density at radius 3 is 2.27 bits per heavy atom. The van der Waals surface area contributed by atoms with Gasteiger partial charge in [0.25, 0.3) is 0 Å². The van der Waals surface area contributed by atoms with E-state index in [9.17, 15) is 4.79 Å². The molecule has 1 amide bonds. The molecule has 9 heteroatoms. The Labute approximate surface area is 181 Å². The zero-order valence-electron chi connectivity index (χ0n) is 19.6. The fourth-order valence-electron chi connectivity index (χ4n) is 3.54. The average Bonchev–Trinajstić information content (AvgIpc) is 3.16. The summed E-state index contributed by atoms with van der Waals surface area (Å²) in [6, 6.07) is 0. The summed E-state index contributed by atoms with van der Waals surface area (Å²) >= 11 is 0. The van der Waals surface area contributed by atoms with Crippen molar-refractivity contribution < 1.29 is 18.8 Å². The van der Waals surface area contributed by atoms with Crippen LogP contribution in [0.2, 0.25) is 0 Å². The largest absolute Gasteiger partial charge is 0.498 e. The zero-order valence-corrected chi connectivity index (χ0v) is 19.6. The SMILES string of the molecule is CC(C)(C)OC(=O)N1CCN(CCCn2cc(B3OC(C)(C)C(C)(C)O3)cn2)CC1. The third-order valence-electron chi connectivity index (χ3n) is 6.06. The molecule has 0 saturated carbocycles. The van der Waals surface area contributed by atoms with Crippen molar-refractivity contribution >= 4 is 18.7 Å². The van der Waals surface area contributed by atoms with Crippen molar-refractivity contribution in [2.24, 2.45) is 0 Å². The molecule has 1 aromatic heterocycles. The van der Waals surface area contributed by atoms with Crippen molar-refractivity contribution in [3.8, 4) is 0 Å². The first-order valence-corrected chi connectivity index (χ1v) is 10.9. The Kier molecular flexibility index (Phi) is 6.55. The van der Waals surface area contributed by atoms with E-state index in [1.54, 1.807) is 4.90 Å². The van der Waals surface area contributed by atoms with Crippen LogP contribution in [0.3, 0.4) is 0 Å². The van der Waals surface area contributed by atoms with Crippen LogP contribution in [0.25, 0.3) is 0 Å². The van der Waals surface area contributed by atoms with Gasteiger partial charge in [-0.1, -0.05) is 0 Å². The second-order valence-corrected chi connectivity index (χ2v) is 10.3. The highest BCUT2D eigenvalue weighted by Crippen LogP contribution is 2.36. The Hall–Kier alpha value is -1.58. The van der Waals surface area contributed by atoms with E-state index in [1.807, 2.05) is 37.8 Å². The molecule has 0 N–H and O–H groups in total. The Bertz CT molecular complexity index is 720. The molecule has 3 heterocycles. The van der Waals surface area contributed by atoms with E-state index in [4.69, 9.17) is 14.0 Å². The molecule has 0 atom stereocenters. The molecule has 0 radical (unpaired) electrons. The second kappa shape index (κ2) is 8.51. The molecule has 8 nitrogen and oxygen atoms in total. The molecule has 2 aliphatic heterocycles.